The predicted molar refractivity (Wildman–Crippen MR) is 70.6 cm³/mol. The van der Waals surface area contributed by atoms with E-state index in [9.17, 15) is 13.6 Å². The van der Waals surface area contributed by atoms with Gasteiger partial charge in [0, 0.05) is 10.7 Å². The van der Waals surface area contributed by atoms with E-state index in [-0.39, 0.29) is 13.0 Å². The van der Waals surface area contributed by atoms with Crippen molar-refractivity contribution in [3.8, 4) is 0 Å². The fraction of sp³-hybridized carbons (Fsp3) is 0.308. The van der Waals surface area contributed by atoms with Gasteiger partial charge in [-0.15, -0.1) is 0 Å². The van der Waals surface area contributed by atoms with Gasteiger partial charge in [-0.3, -0.25) is 5.32 Å². The molecule has 0 heterocycles. The molecule has 104 valence electrons. The number of benzene rings is 1. The van der Waals surface area contributed by atoms with Gasteiger partial charge in [0.05, 0.1) is 6.61 Å². The van der Waals surface area contributed by atoms with E-state index in [0.717, 1.165) is 6.08 Å². The molecule has 0 saturated carbocycles. The third-order valence-corrected chi connectivity index (χ3v) is 2.47. The van der Waals surface area contributed by atoms with Crippen LogP contribution in [0.15, 0.2) is 36.4 Å². The van der Waals surface area contributed by atoms with Crippen molar-refractivity contribution in [2.45, 2.75) is 19.3 Å². The molecule has 19 heavy (non-hydrogen) atoms. The highest BCUT2D eigenvalue weighted by Gasteiger charge is 2.02. The van der Waals surface area contributed by atoms with Crippen LogP contribution >= 0.6 is 11.6 Å². The van der Waals surface area contributed by atoms with Crippen LogP contribution in [0, 0.1) is 0 Å². The SMILES string of the molecule is O=C(Nc1ccc(Cl)cc1)OCCCCC=C(F)F. The maximum absolute atomic E-state index is 11.7. The molecule has 1 aromatic carbocycles. The van der Waals surface area contributed by atoms with Crippen LogP contribution in [0.2, 0.25) is 5.02 Å². The lowest BCUT2D eigenvalue weighted by atomic mass is 10.2. The Bertz CT molecular complexity index is 431. The first kappa shape index (κ1) is 15.4. The monoisotopic (exact) mass is 289 g/mol. The third-order valence-electron chi connectivity index (χ3n) is 2.22. The molecule has 0 aliphatic heterocycles. The van der Waals surface area contributed by atoms with Gasteiger partial charge in [0.1, 0.15) is 0 Å². The number of hydrogen-bond donors (Lipinski definition) is 1. The first-order valence-electron chi connectivity index (χ1n) is 5.78. The summed E-state index contributed by atoms with van der Waals surface area (Å²) in [6.45, 7) is 0.196. The number of anilines is 1. The van der Waals surface area contributed by atoms with E-state index in [4.69, 9.17) is 16.3 Å². The van der Waals surface area contributed by atoms with Crippen LogP contribution in [0.1, 0.15) is 19.3 Å². The van der Waals surface area contributed by atoms with Crippen molar-refractivity contribution in [2.75, 3.05) is 11.9 Å². The Morgan fingerprint density at radius 1 is 1.26 bits per heavy atom. The summed E-state index contributed by atoms with van der Waals surface area (Å²) in [5.41, 5.74) is 0.580. The minimum atomic E-state index is -1.68. The maximum Gasteiger partial charge on any atom is 0.411 e. The molecule has 0 unspecified atom stereocenters. The molecule has 0 aliphatic carbocycles. The number of ether oxygens (including phenoxy) is 1. The molecule has 3 nitrogen and oxygen atoms in total. The zero-order chi connectivity index (χ0) is 14.1. The average molecular weight is 290 g/mol. The molecular weight excluding hydrogens is 276 g/mol. The highest BCUT2D eigenvalue weighted by Crippen LogP contribution is 2.13. The maximum atomic E-state index is 11.7. The summed E-state index contributed by atoms with van der Waals surface area (Å²) in [4.78, 5) is 11.3. The van der Waals surface area contributed by atoms with Gasteiger partial charge in [-0.25, -0.2) is 4.79 Å². The van der Waals surface area contributed by atoms with Crippen molar-refractivity contribution in [2.24, 2.45) is 0 Å². The van der Waals surface area contributed by atoms with Crippen LogP contribution < -0.4 is 5.32 Å². The number of hydrogen-bond acceptors (Lipinski definition) is 2. The number of rotatable bonds is 6. The van der Waals surface area contributed by atoms with Crippen LogP contribution in [0.25, 0.3) is 0 Å². The van der Waals surface area contributed by atoms with Crippen LogP contribution in [0.3, 0.4) is 0 Å². The zero-order valence-electron chi connectivity index (χ0n) is 10.2. The molecule has 0 bridgehead atoms. The summed E-state index contributed by atoms with van der Waals surface area (Å²) >= 11 is 5.70. The fourth-order valence-corrected chi connectivity index (χ4v) is 1.44. The number of carbonyl (C=O) groups excluding carboxylic acids is 1. The van der Waals surface area contributed by atoms with Gasteiger partial charge in [-0.05, 0) is 49.6 Å². The molecule has 0 aromatic heterocycles. The molecule has 1 rings (SSSR count). The summed E-state index contributed by atoms with van der Waals surface area (Å²) in [6.07, 6.45) is -0.0299. The normalized spacial score (nSPS) is 9.84. The van der Waals surface area contributed by atoms with E-state index in [1.54, 1.807) is 24.3 Å². The quantitative estimate of drug-likeness (QED) is 0.761. The van der Waals surface area contributed by atoms with Crippen molar-refractivity contribution in [1.82, 2.24) is 0 Å². The lowest BCUT2D eigenvalue weighted by molar-refractivity contribution is 0.159. The Balaban J connectivity index is 2.14. The number of unbranched alkanes of at least 4 members (excludes halogenated alkanes) is 2. The highest BCUT2D eigenvalue weighted by molar-refractivity contribution is 6.30. The average Bonchev–Trinajstić information content (AvgIpc) is 2.36. The Morgan fingerprint density at radius 2 is 1.95 bits per heavy atom. The molecular formula is C13H14ClF2NO2. The van der Waals surface area contributed by atoms with Gasteiger partial charge < -0.3 is 4.74 Å². The summed E-state index contributed by atoms with van der Waals surface area (Å²) < 4.78 is 28.3. The zero-order valence-corrected chi connectivity index (χ0v) is 10.9. The van der Waals surface area contributed by atoms with Gasteiger partial charge >= 0.3 is 6.09 Å². The molecule has 1 N–H and O–H groups in total. The van der Waals surface area contributed by atoms with Gasteiger partial charge in [0.25, 0.3) is 6.08 Å². The Morgan fingerprint density at radius 3 is 2.58 bits per heavy atom. The second-order valence-electron chi connectivity index (χ2n) is 3.76. The summed E-state index contributed by atoms with van der Waals surface area (Å²) in [6, 6.07) is 6.60. The van der Waals surface area contributed by atoms with E-state index in [1.807, 2.05) is 0 Å². The van der Waals surface area contributed by atoms with Gasteiger partial charge in [0.2, 0.25) is 0 Å². The molecule has 0 aliphatic rings. The van der Waals surface area contributed by atoms with Crippen LogP contribution in [0.4, 0.5) is 19.3 Å². The molecule has 0 atom stereocenters. The lowest BCUT2D eigenvalue weighted by Crippen LogP contribution is -2.14. The Kier molecular flexibility index (Phi) is 6.89. The van der Waals surface area contributed by atoms with E-state index < -0.39 is 12.2 Å². The van der Waals surface area contributed by atoms with Crippen molar-refractivity contribution >= 4 is 23.4 Å². The molecule has 0 spiro atoms. The van der Waals surface area contributed by atoms with Crippen molar-refractivity contribution in [3.05, 3.63) is 41.4 Å². The Hall–Kier alpha value is -1.62. The highest BCUT2D eigenvalue weighted by atomic mass is 35.5. The van der Waals surface area contributed by atoms with Crippen LogP contribution in [0.5, 0.6) is 0 Å². The number of carbonyl (C=O) groups is 1. The summed E-state index contributed by atoms with van der Waals surface area (Å²) in [5, 5.41) is 3.10. The first-order chi connectivity index (χ1) is 9.08. The number of amides is 1. The van der Waals surface area contributed by atoms with Crippen LogP contribution in [-0.4, -0.2) is 12.7 Å². The first-order valence-corrected chi connectivity index (χ1v) is 6.16. The summed E-state index contributed by atoms with van der Waals surface area (Å²) in [5.74, 6) is 0. The smallest absolute Gasteiger partial charge is 0.411 e. The van der Waals surface area contributed by atoms with Gasteiger partial charge in [-0.1, -0.05) is 11.6 Å². The van der Waals surface area contributed by atoms with Crippen molar-refractivity contribution in [3.63, 3.8) is 0 Å². The van der Waals surface area contributed by atoms with Crippen molar-refractivity contribution < 1.29 is 18.3 Å². The standard InChI is InChI=1S/C13H14ClF2NO2/c14-10-5-7-11(8-6-10)17-13(18)19-9-3-1-2-4-12(15)16/h4-8H,1-3,9H2,(H,17,18). The molecule has 1 amide bonds. The largest absolute Gasteiger partial charge is 0.449 e. The van der Waals surface area contributed by atoms with Crippen LogP contribution in [-0.2, 0) is 4.74 Å². The van der Waals surface area contributed by atoms with E-state index in [1.165, 1.54) is 0 Å². The minimum absolute atomic E-state index is 0.196. The number of allylic oxidation sites excluding steroid dienone is 1. The summed E-state index contributed by atoms with van der Waals surface area (Å²) in [7, 11) is 0. The molecule has 0 saturated heterocycles. The molecule has 0 fully saturated rings. The molecule has 1 aromatic rings. The Labute approximate surface area is 115 Å². The fourth-order valence-electron chi connectivity index (χ4n) is 1.31. The molecule has 0 radical (unpaired) electrons. The van der Waals surface area contributed by atoms with E-state index >= 15 is 0 Å². The van der Waals surface area contributed by atoms with Crippen molar-refractivity contribution in [1.29, 1.82) is 0 Å². The van der Waals surface area contributed by atoms with E-state index in [2.05, 4.69) is 5.32 Å². The molecule has 6 heteroatoms. The minimum Gasteiger partial charge on any atom is -0.449 e. The second-order valence-corrected chi connectivity index (χ2v) is 4.19. The third kappa shape index (κ3) is 7.41. The topological polar surface area (TPSA) is 38.3 Å². The number of halogens is 3. The van der Waals surface area contributed by atoms with Gasteiger partial charge in [-0.2, -0.15) is 8.78 Å². The van der Waals surface area contributed by atoms with Gasteiger partial charge in [0.15, 0.2) is 0 Å². The number of nitrogens with one attached hydrogen (secondary N) is 1. The van der Waals surface area contributed by atoms with E-state index in [0.29, 0.717) is 23.6 Å². The second kappa shape index (κ2) is 8.48. The predicted octanol–water partition coefficient (Wildman–Crippen LogP) is 4.84. The lowest BCUT2D eigenvalue weighted by Gasteiger charge is -2.06.